The van der Waals surface area contributed by atoms with Crippen LogP contribution in [0.4, 0.5) is 13.2 Å². The summed E-state index contributed by atoms with van der Waals surface area (Å²) < 4.78 is 44.7. The quantitative estimate of drug-likeness (QED) is 0.396. The topological polar surface area (TPSA) is 53.8 Å². The molecule has 1 heterocycles. The van der Waals surface area contributed by atoms with Crippen LogP contribution in [0.2, 0.25) is 0 Å². The van der Waals surface area contributed by atoms with E-state index in [2.05, 4.69) is 0 Å². The first-order valence-corrected chi connectivity index (χ1v) is 11.1. The first kappa shape index (κ1) is 25.1. The zero-order valence-electron chi connectivity index (χ0n) is 18.9. The molecule has 2 amide bonds. The molecule has 5 nitrogen and oxygen atoms in total. The number of nitrogens with zero attached hydrogens (tertiary/aromatic N) is 2. The zero-order valence-corrected chi connectivity index (χ0v) is 18.9. The maximum Gasteiger partial charge on any atom is 0.416 e. The second kappa shape index (κ2) is 11.5. The number of furan rings is 1. The normalized spacial score (nSPS) is 11.3. The van der Waals surface area contributed by atoms with Crippen LogP contribution >= 0.6 is 0 Å². The van der Waals surface area contributed by atoms with E-state index in [1.807, 2.05) is 37.3 Å². The number of carbonyl (C=O) groups excluding carboxylic acids is 2. The minimum absolute atomic E-state index is 0.0991. The fourth-order valence-electron chi connectivity index (χ4n) is 3.59. The average Bonchev–Trinajstić information content (AvgIpc) is 3.34. The monoisotopic (exact) mass is 472 g/mol. The van der Waals surface area contributed by atoms with Crippen LogP contribution in [-0.2, 0) is 23.9 Å². The Morgan fingerprint density at radius 3 is 2.32 bits per heavy atom. The van der Waals surface area contributed by atoms with Crippen LogP contribution in [0, 0.1) is 0 Å². The van der Waals surface area contributed by atoms with Crippen molar-refractivity contribution >= 4 is 11.8 Å². The van der Waals surface area contributed by atoms with E-state index >= 15 is 0 Å². The summed E-state index contributed by atoms with van der Waals surface area (Å²) in [5.74, 6) is -0.309. The molecule has 0 spiro atoms. The Bertz CT molecular complexity index is 1070. The Hall–Kier alpha value is -3.55. The SMILES string of the molecule is CCCN(CC(=O)N(CCc1ccccc1)Cc1ccco1)C(=O)c1cccc(C(F)(F)F)c1. The van der Waals surface area contributed by atoms with Gasteiger partial charge in [0.2, 0.25) is 5.91 Å². The lowest BCUT2D eigenvalue weighted by Gasteiger charge is -2.27. The molecule has 0 saturated heterocycles. The molecule has 0 radical (unpaired) electrons. The number of rotatable bonds is 10. The van der Waals surface area contributed by atoms with Gasteiger partial charge >= 0.3 is 6.18 Å². The molecule has 8 heteroatoms. The van der Waals surface area contributed by atoms with Crippen LogP contribution in [-0.4, -0.2) is 41.2 Å². The predicted molar refractivity (Wildman–Crippen MR) is 122 cm³/mol. The molecular weight excluding hydrogens is 445 g/mol. The molecule has 180 valence electrons. The lowest BCUT2D eigenvalue weighted by atomic mass is 10.1. The van der Waals surface area contributed by atoms with Gasteiger partial charge in [0.05, 0.1) is 18.4 Å². The molecule has 0 N–H and O–H groups in total. The molecule has 0 fully saturated rings. The van der Waals surface area contributed by atoms with Gasteiger partial charge in [0.15, 0.2) is 0 Å². The van der Waals surface area contributed by atoms with Crippen LogP contribution in [0.1, 0.15) is 40.6 Å². The fourth-order valence-corrected chi connectivity index (χ4v) is 3.59. The molecule has 3 rings (SSSR count). The van der Waals surface area contributed by atoms with Crippen molar-refractivity contribution in [1.29, 1.82) is 0 Å². The Morgan fingerprint density at radius 1 is 0.912 bits per heavy atom. The Balaban J connectivity index is 1.76. The molecule has 0 aliphatic rings. The fraction of sp³-hybridized carbons (Fsp3) is 0.308. The van der Waals surface area contributed by atoms with Crippen molar-refractivity contribution in [2.24, 2.45) is 0 Å². The third-order valence-corrected chi connectivity index (χ3v) is 5.34. The summed E-state index contributed by atoms with van der Waals surface area (Å²) in [5, 5.41) is 0. The van der Waals surface area contributed by atoms with E-state index in [9.17, 15) is 22.8 Å². The Labute approximate surface area is 196 Å². The van der Waals surface area contributed by atoms with Crippen LogP contribution in [0.25, 0.3) is 0 Å². The number of alkyl halides is 3. The predicted octanol–water partition coefficient (Wildman–Crippen LogP) is 5.42. The molecular formula is C26H27F3N2O3. The summed E-state index contributed by atoms with van der Waals surface area (Å²) in [6.45, 7) is 2.48. The summed E-state index contributed by atoms with van der Waals surface area (Å²) in [6, 6.07) is 17.5. The van der Waals surface area contributed by atoms with Gasteiger partial charge in [0.1, 0.15) is 12.3 Å². The highest BCUT2D eigenvalue weighted by Crippen LogP contribution is 2.29. The smallest absolute Gasteiger partial charge is 0.416 e. The van der Waals surface area contributed by atoms with Crippen molar-refractivity contribution in [2.75, 3.05) is 19.6 Å². The van der Waals surface area contributed by atoms with Crippen LogP contribution in [0.15, 0.2) is 77.4 Å². The van der Waals surface area contributed by atoms with Gasteiger partial charge in [-0.25, -0.2) is 0 Å². The first-order valence-electron chi connectivity index (χ1n) is 11.1. The molecule has 0 aliphatic heterocycles. The Morgan fingerprint density at radius 2 is 1.68 bits per heavy atom. The second-order valence-corrected chi connectivity index (χ2v) is 7.94. The molecule has 3 aromatic rings. The van der Waals surface area contributed by atoms with Crippen LogP contribution < -0.4 is 0 Å². The summed E-state index contributed by atoms with van der Waals surface area (Å²) in [7, 11) is 0. The zero-order chi connectivity index (χ0) is 24.6. The van der Waals surface area contributed by atoms with Gasteiger partial charge in [-0.2, -0.15) is 13.2 Å². The minimum Gasteiger partial charge on any atom is -0.467 e. The number of carbonyl (C=O) groups is 2. The molecule has 0 aliphatic carbocycles. The average molecular weight is 473 g/mol. The van der Waals surface area contributed by atoms with E-state index in [-0.39, 0.29) is 31.1 Å². The number of halogens is 3. The van der Waals surface area contributed by atoms with Crippen LogP contribution in [0.3, 0.4) is 0 Å². The molecule has 0 saturated carbocycles. The van der Waals surface area contributed by atoms with E-state index in [0.29, 0.717) is 25.1 Å². The summed E-state index contributed by atoms with van der Waals surface area (Å²) >= 11 is 0. The molecule has 34 heavy (non-hydrogen) atoms. The van der Waals surface area contributed by atoms with E-state index in [1.54, 1.807) is 17.0 Å². The van der Waals surface area contributed by atoms with Crippen molar-refractivity contribution in [2.45, 2.75) is 32.5 Å². The van der Waals surface area contributed by atoms with Crippen molar-refractivity contribution < 1.29 is 27.2 Å². The van der Waals surface area contributed by atoms with Gasteiger partial charge in [0, 0.05) is 18.7 Å². The van der Waals surface area contributed by atoms with Gasteiger partial charge in [-0.1, -0.05) is 43.3 Å². The van der Waals surface area contributed by atoms with E-state index in [1.165, 1.54) is 23.3 Å². The highest BCUT2D eigenvalue weighted by molar-refractivity contribution is 5.96. The highest BCUT2D eigenvalue weighted by atomic mass is 19.4. The van der Waals surface area contributed by atoms with E-state index < -0.39 is 17.6 Å². The van der Waals surface area contributed by atoms with Gasteiger partial charge < -0.3 is 14.2 Å². The van der Waals surface area contributed by atoms with Gasteiger partial charge in [-0.05, 0) is 48.7 Å². The van der Waals surface area contributed by atoms with Crippen molar-refractivity contribution in [1.82, 2.24) is 9.80 Å². The molecule has 1 aromatic heterocycles. The third kappa shape index (κ3) is 6.97. The van der Waals surface area contributed by atoms with Crippen molar-refractivity contribution in [3.8, 4) is 0 Å². The Kier molecular flexibility index (Phi) is 8.51. The highest BCUT2D eigenvalue weighted by Gasteiger charge is 2.31. The number of benzene rings is 2. The van der Waals surface area contributed by atoms with Crippen molar-refractivity contribution in [3.63, 3.8) is 0 Å². The number of hydrogen-bond donors (Lipinski definition) is 0. The van der Waals surface area contributed by atoms with Gasteiger partial charge in [0.25, 0.3) is 5.91 Å². The van der Waals surface area contributed by atoms with E-state index in [4.69, 9.17) is 4.42 Å². The first-order chi connectivity index (χ1) is 16.3. The molecule has 2 aromatic carbocycles. The minimum atomic E-state index is -4.56. The summed E-state index contributed by atoms with van der Waals surface area (Å²) in [6.07, 6.45) is -1.86. The van der Waals surface area contributed by atoms with Gasteiger partial charge in [-0.3, -0.25) is 9.59 Å². The second-order valence-electron chi connectivity index (χ2n) is 7.94. The number of amides is 2. The van der Waals surface area contributed by atoms with Crippen molar-refractivity contribution in [3.05, 3.63) is 95.4 Å². The summed E-state index contributed by atoms with van der Waals surface area (Å²) in [5.41, 5.74) is 0.0616. The number of hydrogen-bond acceptors (Lipinski definition) is 3. The molecule has 0 atom stereocenters. The molecule has 0 unspecified atom stereocenters. The van der Waals surface area contributed by atoms with Gasteiger partial charge in [-0.15, -0.1) is 0 Å². The lowest BCUT2D eigenvalue weighted by molar-refractivity contribution is -0.137. The lowest BCUT2D eigenvalue weighted by Crippen LogP contribution is -2.43. The maximum absolute atomic E-state index is 13.2. The summed E-state index contributed by atoms with van der Waals surface area (Å²) in [4.78, 5) is 29.2. The standard InChI is InChI=1S/C26H27F3N2O3/c1-2-14-31(25(33)21-10-6-11-22(17-21)26(27,28)29)19-24(32)30(18-23-12-7-16-34-23)15-13-20-8-4-3-5-9-20/h3-12,16-17H,2,13-15,18-19H2,1H3. The maximum atomic E-state index is 13.2. The van der Waals surface area contributed by atoms with E-state index in [0.717, 1.165) is 17.7 Å². The molecule has 0 bridgehead atoms. The van der Waals surface area contributed by atoms with Crippen LogP contribution in [0.5, 0.6) is 0 Å². The largest absolute Gasteiger partial charge is 0.467 e. The third-order valence-electron chi connectivity index (χ3n) is 5.34.